The summed E-state index contributed by atoms with van der Waals surface area (Å²) in [7, 11) is 0. The average Bonchev–Trinajstić information content (AvgIpc) is 2.28. The maximum absolute atomic E-state index is 5.36. The minimum atomic E-state index is 0.493. The SMILES string of the molecule is Cc1cc(N2CCCCC2C)nc(NN)n1. The first kappa shape index (κ1) is 11.1. The van der Waals surface area contributed by atoms with Crippen LogP contribution >= 0.6 is 0 Å². The predicted octanol–water partition coefficient (Wildman–Crippen LogP) is 1.45. The highest BCUT2D eigenvalue weighted by Crippen LogP contribution is 2.23. The Kier molecular flexibility index (Phi) is 3.24. The molecule has 0 aromatic carbocycles. The van der Waals surface area contributed by atoms with Gasteiger partial charge in [-0.3, -0.25) is 5.43 Å². The molecule has 1 atom stereocenters. The number of hydrazine groups is 1. The van der Waals surface area contributed by atoms with Crippen molar-refractivity contribution in [3.8, 4) is 0 Å². The number of hydrogen-bond acceptors (Lipinski definition) is 5. The molecular formula is C11H19N5. The zero-order valence-electron chi connectivity index (χ0n) is 9.90. The van der Waals surface area contributed by atoms with Gasteiger partial charge in [0.05, 0.1) is 0 Å². The zero-order valence-corrected chi connectivity index (χ0v) is 9.90. The molecule has 1 aromatic rings. The smallest absolute Gasteiger partial charge is 0.239 e. The first-order valence-electron chi connectivity index (χ1n) is 5.79. The third kappa shape index (κ3) is 2.24. The Labute approximate surface area is 96.0 Å². The van der Waals surface area contributed by atoms with E-state index in [-0.39, 0.29) is 0 Å². The summed E-state index contributed by atoms with van der Waals surface area (Å²) >= 11 is 0. The molecule has 0 aliphatic carbocycles. The highest BCUT2D eigenvalue weighted by molar-refractivity contribution is 5.45. The summed E-state index contributed by atoms with van der Waals surface area (Å²) in [6.45, 7) is 5.27. The van der Waals surface area contributed by atoms with E-state index in [2.05, 4.69) is 27.2 Å². The molecule has 5 heteroatoms. The van der Waals surface area contributed by atoms with Gasteiger partial charge in [0, 0.05) is 24.3 Å². The van der Waals surface area contributed by atoms with E-state index in [0.29, 0.717) is 12.0 Å². The molecule has 1 aliphatic rings. The van der Waals surface area contributed by atoms with Gasteiger partial charge >= 0.3 is 0 Å². The van der Waals surface area contributed by atoms with Gasteiger partial charge in [0.2, 0.25) is 5.95 Å². The number of nitrogens with zero attached hydrogens (tertiary/aromatic N) is 3. The van der Waals surface area contributed by atoms with Crippen molar-refractivity contribution in [3.05, 3.63) is 11.8 Å². The van der Waals surface area contributed by atoms with Gasteiger partial charge in [-0.2, -0.15) is 4.98 Å². The fourth-order valence-corrected chi connectivity index (χ4v) is 2.20. The second-order valence-corrected chi connectivity index (χ2v) is 4.37. The number of nitrogen functional groups attached to an aromatic ring is 1. The van der Waals surface area contributed by atoms with E-state index >= 15 is 0 Å². The summed E-state index contributed by atoms with van der Waals surface area (Å²) < 4.78 is 0. The predicted molar refractivity (Wildman–Crippen MR) is 65.2 cm³/mol. The van der Waals surface area contributed by atoms with E-state index in [1.807, 2.05) is 13.0 Å². The molecule has 1 aliphatic heterocycles. The van der Waals surface area contributed by atoms with Crippen LogP contribution in [0.5, 0.6) is 0 Å². The van der Waals surface area contributed by atoms with Crippen LogP contribution in [0.4, 0.5) is 11.8 Å². The number of anilines is 2. The molecule has 0 amide bonds. The number of piperidine rings is 1. The third-order valence-electron chi connectivity index (χ3n) is 3.07. The molecule has 2 rings (SSSR count). The van der Waals surface area contributed by atoms with Gasteiger partial charge in [0.1, 0.15) is 5.82 Å². The molecule has 1 aromatic heterocycles. The Balaban J connectivity index is 2.27. The number of aryl methyl sites for hydroxylation is 1. The first-order chi connectivity index (χ1) is 7.70. The average molecular weight is 221 g/mol. The molecule has 0 bridgehead atoms. The van der Waals surface area contributed by atoms with E-state index in [9.17, 15) is 0 Å². The van der Waals surface area contributed by atoms with Gasteiger partial charge in [-0.1, -0.05) is 0 Å². The van der Waals surface area contributed by atoms with Gasteiger partial charge < -0.3 is 4.90 Å². The van der Waals surface area contributed by atoms with Crippen LogP contribution in [-0.4, -0.2) is 22.6 Å². The van der Waals surface area contributed by atoms with Crippen molar-refractivity contribution < 1.29 is 0 Å². The molecule has 0 radical (unpaired) electrons. The normalized spacial score (nSPS) is 20.9. The Hall–Kier alpha value is -1.36. The maximum atomic E-state index is 5.36. The van der Waals surface area contributed by atoms with Crippen LogP contribution < -0.4 is 16.2 Å². The number of nitrogens with one attached hydrogen (secondary N) is 1. The fraction of sp³-hybridized carbons (Fsp3) is 0.636. The minimum Gasteiger partial charge on any atom is -0.354 e. The molecule has 1 saturated heterocycles. The second kappa shape index (κ2) is 4.65. The Morgan fingerprint density at radius 1 is 1.44 bits per heavy atom. The Bertz CT molecular complexity index is 365. The van der Waals surface area contributed by atoms with E-state index in [4.69, 9.17) is 5.84 Å². The third-order valence-corrected chi connectivity index (χ3v) is 3.07. The van der Waals surface area contributed by atoms with Gasteiger partial charge in [0.15, 0.2) is 0 Å². The van der Waals surface area contributed by atoms with E-state index in [1.54, 1.807) is 0 Å². The molecule has 1 fully saturated rings. The van der Waals surface area contributed by atoms with Gasteiger partial charge in [-0.05, 0) is 33.1 Å². The molecule has 3 N–H and O–H groups in total. The highest BCUT2D eigenvalue weighted by Gasteiger charge is 2.20. The molecule has 2 heterocycles. The molecule has 0 saturated carbocycles. The van der Waals surface area contributed by atoms with Crippen molar-refractivity contribution in [1.29, 1.82) is 0 Å². The second-order valence-electron chi connectivity index (χ2n) is 4.37. The number of rotatable bonds is 2. The van der Waals surface area contributed by atoms with Gasteiger partial charge in [-0.25, -0.2) is 10.8 Å². The summed E-state index contributed by atoms with van der Waals surface area (Å²) in [5, 5.41) is 0. The van der Waals surface area contributed by atoms with Crippen LogP contribution in [0.1, 0.15) is 31.9 Å². The number of nitrogens with two attached hydrogens (primary N) is 1. The Morgan fingerprint density at radius 2 is 2.25 bits per heavy atom. The summed E-state index contributed by atoms with van der Waals surface area (Å²) in [6, 6.07) is 2.57. The highest BCUT2D eigenvalue weighted by atomic mass is 15.3. The molecule has 1 unspecified atom stereocenters. The summed E-state index contributed by atoms with van der Waals surface area (Å²) in [5.74, 6) is 6.83. The van der Waals surface area contributed by atoms with Crippen LogP contribution in [0, 0.1) is 6.92 Å². The lowest BCUT2D eigenvalue weighted by atomic mass is 10.0. The molecular weight excluding hydrogens is 202 g/mol. The molecule has 88 valence electrons. The van der Waals surface area contributed by atoms with Gasteiger partial charge in [-0.15, -0.1) is 0 Å². The van der Waals surface area contributed by atoms with Crippen molar-refractivity contribution in [2.24, 2.45) is 5.84 Å². The zero-order chi connectivity index (χ0) is 11.5. The summed E-state index contributed by atoms with van der Waals surface area (Å²) in [4.78, 5) is 10.9. The van der Waals surface area contributed by atoms with Crippen LogP contribution in [-0.2, 0) is 0 Å². The lowest BCUT2D eigenvalue weighted by Gasteiger charge is -2.34. The van der Waals surface area contributed by atoms with Crippen LogP contribution in [0.2, 0.25) is 0 Å². The van der Waals surface area contributed by atoms with Crippen molar-refractivity contribution in [3.63, 3.8) is 0 Å². The monoisotopic (exact) mass is 221 g/mol. The minimum absolute atomic E-state index is 0.493. The van der Waals surface area contributed by atoms with Crippen LogP contribution in [0.25, 0.3) is 0 Å². The maximum Gasteiger partial charge on any atom is 0.239 e. The van der Waals surface area contributed by atoms with Crippen molar-refractivity contribution in [2.75, 3.05) is 16.9 Å². The lowest BCUT2D eigenvalue weighted by Crippen LogP contribution is -2.38. The van der Waals surface area contributed by atoms with Crippen molar-refractivity contribution >= 4 is 11.8 Å². The quantitative estimate of drug-likeness (QED) is 0.584. The van der Waals surface area contributed by atoms with Crippen LogP contribution in [0.15, 0.2) is 6.07 Å². The van der Waals surface area contributed by atoms with E-state index in [1.165, 1.54) is 19.3 Å². The standard InChI is InChI=1S/C11H19N5/c1-8-7-10(14-11(13-8)15-12)16-6-4-3-5-9(16)2/h7,9H,3-6,12H2,1-2H3,(H,13,14,15). The summed E-state index contributed by atoms with van der Waals surface area (Å²) in [5.41, 5.74) is 3.45. The summed E-state index contributed by atoms with van der Waals surface area (Å²) in [6.07, 6.45) is 3.77. The van der Waals surface area contributed by atoms with E-state index < -0.39 is 0 Å². The molecule has 16 heavy (non-hydrogen) atoms. The molecule has 5 nitrogen and oxygen atoms in total. The largest absolute Gasteiger partial charge is 0.354 e. The first-order valence-corrected chi connectivity index (χ1v) is 5.79. The lowest BCUT2D eigenvalue weighted by molar-refractivity contribution is 0.481. The topological polar surface area (TPSA) is 67.1 Å². The number of aromatic nitrogens is 2. The fourth-order valence-electron chi connectivity index (χ4n) is 2.20. The van der Waals surface area contributed by atoms with E-state index in [0.717, 1.165) is 18.1 Å². The Morgan fingerprint density at radius 3 is 2.94 bits per heavy atom. The van der Waals surface area contributed by atoms with Crippen molar-refractivity contribution in [2.45, 2.75) is 39.2 Å². The van der Waals surface area contributed by atoms with Gasteiger partial charge in [0.25, 0.3) is 0 Å². The van der Waals surface area contributed by atoms with Crippen LogP contribution in [0.3, 0.4) is 0 Å². The molecule has 0 spiro atoms. The number of hydrogen-bond donors (Lipinski definition) is 2. The van der Waals surface area contributed by atoms with Crippen molar-refractivity contribution in [1.82, 2.24) is 9.97 Å².